The number of fused-ring (bicyclic) bond motifs is 5. The number of para-hydroxylation sites is 2. The average Bonchev–Trinajstić information content (AvgIpc) is 3.19. The number of anilines is 1. The van der Waals surface area contributed by atoms with Crippen LogP contribution in [0.5, 0.6) is 0 Å². The van der Waals surface area contributed by atoms with Gasteiger partial charge in [-0.1, -0.05) is 18.6 Å². The van der Waals surface area contributed by atoms with Crippen molar-refractivity contribution in [3.8, 4) is 0 Å². The van der Waals surface area contributed by atoms with Crippen molar-refractivity contribution in [1.29, 1.82) is 0 Å². The number of guanidine groups is 1. The van der Waals surface area contributed by atoms with Crippen LogP contribution < -0.4 is 11.1 Å². The molecule has 1 aromatic heterocycles. The normalized spacial score (nSPS) is 33.8. The van der Waals surface area contributed by atoms with E-state index in [0.29, 0.717) is 11.9 Å². The van der Waals surface area contributed by atoms with Crippen LogP contribution >= 0.6 is 0 Å². The van der Waals surface area contributed by atoms with Gasteiger partial charge in [0.2, 0.25) is 5.95 Å². The molecule has 1 aliphatic heterocycles. The number of aromatic nitrogens is 2. The Morgan fingerprint density at radius 3 is 2.90 bits per heavy atom. The number of hydrogen-bond donors (Lipinski definition) is 2. The van der Waals surface area contributed by atoms with Gasteiger partial charge in [0.15, 0.2) is 5.96 Å². The highest BCUT2D eigenvalue weighted by Gasteiger charge is 2.45. The van der Waals surface area contributed by atoms with E-state index in [0.717, 1.165) is 28.8 Å². The molecule has 0 amide bonds. The lowest BCUT2D eigenvalue weighted by molar-refractivity contribution is 0.238. The van der Waals surface area contributed by atoms with Crippen molar-refractivity contribution in [2.45, 2.75) is 31.8 Å². The Hall–Kier alpha value is -2.04. The maximum absolute atomic E-state index is 6.01. The van der Waals surface area contributed by atoms with Gasteiger partial charge in [-0.25, -0.2) is 9.98 Å². The Balaban J connectivity index is 1.66. The first-order valence-corrected chi connectivity index (χ1v) is 7.87. The topological polar surface area (TPSA) is 68.2 Å². The monoisotopic (exact) mass is 281 g/mol. The van der Waals surface area contributed by atoms with Crippen LogP contribution in [0.1, 0.15) is 31.8 Å². The van der Waals surface area contributed by atoms with Crippen LogP contribution in [0, 0.1) is 17.8 Å². The molecule has 0 spiro atoms. The molecule has 108 valence electrons. The van der Waals surface area contributed by atoms with Gasteiger partial charge in [-0.05, 0) is 43.2 Å². The van der Waals surface area contributed by atoms with E-state index in [9.17, 15) is 0 Å². The quantitative estimate of drug-likeness (QED) is 0.844. The van der Waals surface area contributed by atoms with Gasteiger partial charge in [-0.15, -0.1) is 0 Å². The molecule has 2 saturated carbocycles. The molecule has 0 saturated heterocycles. The summed E-state index contributed by atoms with van der Waals surface area (Å²) < 4.78 is 2.26. The molecule has 2 heterocycles. The summed E-state index contributed by atoms with van der Waals surface area (Å²) in [7, 11) is 0. The van der Waals surface area contributed by atoms with Crippen molar-refractivity contribution < 1.29 is 0 Å². The fraction of sp³-hybridized carbons (Fsp3) is 0.500. The van der Waals surface area contributed by atoms with Gasteiger partial charge in [0.1, 0.15) is 6.17 Å². The minimum absolute atomic E-state index is 0.115. The molecule has 2 fully saturated rings. The highest BCUT2D eigenvalue weighted by molar-refractivity contribution is 5.94. The first-order chi connectivity index (χ1) is 10.3. The first-order valence-electron chi connectivity index (χ1n) is 7.87. The standard InChI is InChI=1S/C16H19N5/c17-15-19-14(11-8-9-5-6-10(11)7-9)21-13-4-2-1-3-12(13)18-16(21)20-15/h1-4,9-11,14H,5-8H2,(H3,17,18,19,20). The maximum Gasteiger partial charge on any atom is 0.212 e. The van der Waals surface area contributed by atoms with Gasteiger partial charge in [0.25, 0.3) is 0 Å². The minimum Gasteiger partial charge on any atom is -0.370 e. The van der Waals surface area contributed by atoms with Crippen LogP contribution in [0.3, 0.4) is 0 Å². The lowest BCUT2D eigenvalue weighted by Gasteiger charge is -2.32. The van der Waals surface area contributed by atoms with Crippen LogP contribution in [-0.2, 0) is 0 Å². The van der Waals surface area contributed by atoms with Crippen LogP contribution in [0.25, 0.3) is 11.0 Å². The van der Waals surface area contributed by atoms with E-state index in [1.165, 1.54) is 25.7 Å². The third-order valence-corrected chi connectivity index (χ3v) is 5.55. The van der Waals surface area contributed by atoms with E-state index in [1.54, 1.807) is 0 Å². The molecule has 5 rings (SSSR count). The number of rotatable bonds is 1. The van der Waals surface area contributed by atoms with Gasteiger partial charge < -0.3 is 5.73 Å². The van der Waals surface area contributed by atoms with Gasteiger partial charge in [-0.2, -0.15) is 0 Å². The average molecular weight is 281 g/mol. The van der Waals surface area contributed by atoms with E-state index in [-0.39, 0.29) is 6.17 Å². The zero-order valence-corrected chi connectivity index (χ0v) is 11.9. The maximum atomic E-state index is 6.01. The number of nitrogens with zero attached hydrogens (tertiary/aromatic N) is 3. The molecule has 1 aromatic carbocycles. The number of nitrogens with two attached hydrogens (primary N) is 1. The molecule has 0 radical (unpaired) electrons. The summed E-state index contributed by atoms with van der Waals surface area (Å²) in [6, 6.07) is 8.27. The Bertz CT molecular complexity index is 746. The largest absolute Gasteiger partial charge is 0.370 e. The van der Waals surface area contributed by atoms with E-state index in [1.807, 2.05) is 6.07 Å². The molecule has 4 atom stereocenters. The second-order valence-corrected chi connectivity index (χ2v) is 6.69. The van der Waals surface area contributed by atoms with Gasteiger partial charge in [-0.3, -0.25) is 9.88 Å². The molecule has 3 aliphatic rings. The summed E-state index contributed by atoms with van der Waals surface area (Å²) in [5.41, 5.74) is 8.18. The van der Waals surface area contributed by atoms with Gasteiger partial charge in [0, 0.05) is 5.92 Å². The molecule has 5 nitrogen and oxygen atoms in total. The molecule has 4 unspecified atom stereocenters. The van der Waals surface area contributed by atoms with Crippen molar-refractivity contribution in [3.05, 3.63) is 24.3 Å². The summed E-state index contributed by atoms with van der Waals surface area (Å²) >= 11 is 0. The second-order valence-electron chi connectivity index (χ2n) is 6.69. The summed E-state index contributed by atoms with van der Waals surface area (Å²) in [6.45, 7) is 0. The Morgan fingerprint density at radius 2 is 2.10 bits per heavy atom. The summed E-state index contributed by atoms with van der Waals surface area (Å²) in [6.07, 6.45) is 5.55. The van der Waals surface area contributed by atoms with Gasteiger partial charge in [0.05, 0.1) is 11.0 Å². The van der Waals surface area contributed by atoms with Crippen LogP contribution in [-0.4, -0.2) is 15.5 Å². The highest BCUT2D eigenvalue weighted by Crippen LogP contribution is 2.53. The lowest BCUT2D eigenvalue weighted by Crippen LogP contribution is -2.35. The first kappa shape index (κ1) is 11.6. The van der Waals surface area contributed by atoms with E-state index in [4.69, 9.17) is 10.7 Å². The predicted molar refractivity (Wildman–Crippen MR) is 83.0 cm³/mol. The second kappa shape index (κ2) is 4.00. The lowest BCUT2D eigenvalue weighted by atomic mass is 9.86. The third kappa shape index (κ3) is 1.57. The third-order valence-electron chi connectivity index (χ3n) is 5.55. The fourth-order valence-corrected chi connectivity index (χ4v) is 4.69. The van der Waals surface area contributed by atoms with E-state index in [2.05, 4.69) is 33.1 Å². The zero-order chi connectivity index (χ0) is 14.0. The van der Waals surface area contributed by atoms with Crippen LogP contribution in [0.2, 0.25) is 0 Å². The van der Waals surface area contributed by atoms with Crippen molar-refractivity contribution in [2.75, 3.05) is 5.32 Å². The SMILES string of the molecule is NC1=NC(C2CC3CCC2C3)n2c(nc3ccccc32)N1. The smallest absolute Gasteiger partial charge is 0.212 e. The Labute approximate surface area is 123 Å². The molecule has 2 bridgehead atoms. The summed E-state index contributed by atoms with van der Waals surface area (Å²) in [5.74, 6) is 3.68. The highest BCUT2D eigenvalue weighted by atomic mass is 15.4. The summed E-state index contributed by atoms with van der Waals surface area (Å²) in [5, 5.41) is 3.13. The van der Waals surface area contributed by atoms with E-state index >= 15 is 0 Å². The fourth-order valence-electron chi connectivity index (χ4n) is 4.69. The number of benzene rings is 1. The predicted octanol–water partition coefficient (Wildman–Crippen LogP) is 2.71. The van der Waals surface area contributed by atoms with E-state index < -0.39 is 0 Å². The number of nitrogens with one attached hydrogen (secondary N) is 1. The molecule has 3 N–H and O–H groups in total. The molecule has 5 heteroatoms. The molecular formula is C16H19N5. The van der Waals surface area contributed by atoms with Gasteiger partial charge >= 0.3 is 0 Å². The van der Waals surface area contributed by atoms with Crippen molar-refractivity contribution in [3.63, 3.8) is 0 Å². The zero-order valence-electron chi connectivity index (χ0n) is 11.9. The number of aliphatic imine (C=N–C) groups is 1. The van der Waals surface area contributed by atoms with Crippen LogP contribution in [0.4, 0.5) is 5.95 Å². The summed E-state index contributed by atoms with van der Waals surface area (Å²) in [4.78, 5) is 9.43. The van der Waals surface area contributed by atoms with Crippen LogP contribution in [0.15, 0.2) is 29.3 Å². The van der Waals surface area contributed by atoms with Crippen molar-refractivity contribution in [1.82, 2.24) is 9.55 Å². The van der Waals surface area contributed by atoms with Crippen molar-refractivity contribution in [2.24, 2.45) is 28.5 Å². The van der Waals surface area contributed by atoms with Crippen molar-refractivity contribution >= 4 is 22.9 Å². The Morgan fingerprint density at radius 1 is 1.19 bits per heavy atom. The molecule has 2 aliphatic carbocycles. The minimum atomic E-state index is 0.115. The molecular weight excluding hydrogens is 262 g/mol. The molecule has 21 heavy (non-hydrogen) atoms. The Kier molecular flexibility index (Phi) is 2.21. The number of hydrogen-bond acceptors (Lipinski definition) is 4. The number of imidazole rings is 1. The molecule has 2 aromatic rings.